The second-order valence-corrected chi connectivity index (χ2v) is 9.90. The fourth-order valence-corrected chi connectivity index (χ4v) is 6.23. The molecule has 25 heavy (non-hydrogen) atoms. The molecule has 8 heteroatoms. The highest BCUT2D eigenvalue weighted by molar-refractivity contribution is 7.89. The van der Waals surface area contributed by atoms with Gasteiger partial charge in [-0.05, 0) is 11.6 Å². The zero-order valence-electron chi connectivity index (χ0n) is 13.4. The van der Waals surface area contributed by atoms with Crippen LogP contribution in [-0.4, -0.2) is 50.3 Å². The van der Waals surface area contributed by atoms with Gasteiger partial charge in [-0.3, -0.25) is 4.90 Å². The maximum atomic E-state index is 12.7. The van der Waals surface area contributed by atoms with E-state index in [1.54, 1.807) is 0 Å². The largest absolute Gasteiger partial charge is 0.297 e. The summed E-state index contributed by atoms with van der Waals surface area (Å²) >= 11 is 13.0. The standard InChI is InChI=1S/C17H18Cl2N2O2S2/c18-16-13-15(17(19)24-16)25(22,23)21-11-9-20(10-12-21)8-4-7-14-5-2-1-3-6-14/h1-7,13H,8-12H2/b7-4-. The maximum Gasteiger partial charge on any atom is 0.245 e. The van der Waals surface area contributed by atoms with Crippen LogP contribution >= 0.6 is 34.5 Å². The first kappa shape index (κ1) is 18.9. The Bertz CT molecular complexity index is 843. The summed E-state index contributed by atoms with van der Waals surface area (Å²) in [6.45, 7) is 3.08. The SMILES string of the molecule is O=S(=O)(c1cc(Cl)sc1Cl)N1CCN(C/C=C\c2ccccc2)CC1. The van der Waals surface area contributed by atoms with Crippen molar-refractivity contribution >= 4 is 50.6 Å². The third-order valence-electron chi connectivity index (χ3n) is 4.05. The maximum absolute atomic E-state index is 12.7. The van der Waals surface area contributed by atoms with Crippen molar-refractivity contribution in [3.05, 3.63) is 56.7 Å². The molecule has 0 spiro atoms. The molecule has 0 amide bonds. The molecule has 1 aliphatic rings. The zero-order chi connectivity index (χ0) is 17.9. The van der Waals surface area contributed by atoms with Crippen LogP contribution in [0, 0.1) is 0 Å². The molecule has 1 aliphatic heterocycles. The molecular formula is C17H18Cl2N2O2S2. The summed E-state index contributed by atoms with van der Waals surface area (Å²) in [6, 6.07) is 11.5. The van der Waals surface area contributed by atoms with Gasteiger partial charge in [0.05, 0.1) is 4.34 Å². The average Bonchev–Trinajstić information content (AvgIpc) is 2.95. The third kappa shape index (κ3) is 4.64. The number of hydrogen-bond donors (Lipinski definition) is 0. The summed E-state index contributed by atoms with van der Waals surface area (Å²) in [5.74, 6) is 0. The van der Waals surface area contributed by atoms with Gasteiger partial charge in [0.15, 0.2) is 0 Å². The minimum absolute atomic E-state index is 0.113. The Balaban J connectivity index is 1.56. The monoisotopic (exact) mass is 416 g/mol. The Morgan fingerprint density at radius 2 is 1.76 bits per heavy atom. The van der Waals surface area contributed by atoms with Crippen molar-refractivity contribution in [1.82, 2.24) is 9.21 Å². The van der Waals surface area contributed by atoms with Crippen molar-refractivity contribution in [1.29, 1.82) is 0 Å². The predicted molar refractivity (Wildman–Crippen MR) is 105 cm³/mol. The molecule has 1 fully saturated rings. The van der Waals surface area contributed by atoms with Crippen molar-refractivity contribution in [3.8, 4) is 0 Å². The lowest BCUT2D eigenvalue weighted by atomic mass is 10.2. The molecule has 1 saturated heterocycles. The van der Waals surface area contributed by atoms with Crippen LogP contribution < -0.4 is 0 Å². The first-order valence-electron chi connectivity index (χ1n) is 7.86. The van der Waals surface area contributed by atoms with E-state index in [0.29, 0.717) is 30.5 Å². The molecule has 0 atom stereocenters. The topological polar surface area (TPSA) is 40.6 Å². The van der Waals surface area contributed by atoms with Crippen LogP contribution in [0.4, 0.5) is 0 Å². The Labute approximate surface area is 162 Å². The summed E-state index contributed by atoms with van der Waals surface area (Å²) in [6.07, 6.45) is 4.19. The van der Waals surface area contributed by atoms with Crippen LogP contribution in [0.15, 0.2) is 47.4 Å². The van der Waals surface area contributed by atoms with E-state index in [0.717, 1.165) is 23.4 Å². The molecule has 3 rings (SSSR count). The van der Waals surface area contributed by atoms with Crippen LogP contribution in [0.5, 0.6) is 0 Å². The number of benzene rings is 1. The molecule has 0 aliphatic carbocycles. The molecular weight excluding hydrogens is 399 g/mol. The molecule has 0 N–H and O–H groups in total. The van der Waals surface area contributed by atoms with E-state index in [9.17, 15) is 8.42 Å². The van der Waals surface area contributed by atoms with Crippen molar-refractivity contribution in [2.75, 3.05) is 32.7 Å². The van der Waals surface area contributed by atoms with Gasteiger partial charge in [-0.1, -0.05) is 65.7 Å². The molecule has 134 valence electrons. The summed E-state index contributed by atoms with van der Waals surface area (Å²) in [5.41, 5.74) is 1.16. The number of thiophene rings is 1. The molecule has 1 aromatic carbocycles. The van der Waals surface area contributed by atoms with Crippen molar-refractivity contribution < 1.29 is 8.42 Å². The van der Waals surface area contributed by atoms with Crippen LogP contribution in [0.1, 0.15) is 5.56 Å². The van der Waals surface area contributed by atoms with Gasteiger partial charge in [-0.2, -0.15) is 4.31 Å². The highest BCUT2D eigenvalue weighted by atomic mass is 35.5. The van der Waals surface area contributed by atoms with Crippen LogP contribution in [0.3, 0.4) is 0 Å². The number of hydrogen-bond acceptors (Lipinski definition) is 4. The minimum Gasteiger partial charge on any atom is -0.297 e. The van der Waals surface area contributed by atoms with Gasteiger partial charge in [0, 0.05) is 32.7 Å². The number of rotatable bonds is 5. The smallest absolute Gasteiger partial charge is 0.245 e. The molecule has 2 heterocycles. The summed E-state index contributed by atoms with van der Waals surface area (Å²) in [4.78, 5) is 2.34. The van der Waals surface area contributed by atoms with Gasteiger partial charge in [0.25, 0.3) is 0 Å². The number of sulfonamides is 1. The van der Waals surface area contributed by atoms with E-state index in [1.165, 1.54) is 10.4 Å². The van der Waals surface area contributed by atoms with Crippen LogP contribution in [0.25, 0.3) is 6.08 Å². The molecule has 0 saturated carbocycles. The fourth-order valence-electron chi connectivity index (χ4n) is 2.69. The number of nitrogens with zero attached hydrogens (tertiary/aromatic N) is 2. The van der Waals surface area contributed by atoms with E-state index in [-0.39, 0.29) is 9.23 Å². The van der Waals surface area contributed by atoms with E-state index < -0.39 is 10.0 Å². The molecule has 4 nitrogen and oxygen atoms in total. The first-order chi connectivity index (χ1) is 12.0. The normalized spacial score (nSPS) is 17.4. The van der Waals surface area contributed by atoms with E-state index in [2.05, 4.69) is 29.2 Å². The third-order valence-corrected chi connectivity index (χ3v) is 7.70. The Hall–Kier alpha value is -0.890. The molecule has 0 unspecified atom stereocenters. The van der Waals surface area contributed by atoms with Gasteiger partial charge in [0.1, 0.15) is 9.23 Å². The summed E-state index contributed by atoms with van der Waals surface area (Å²) in [7, 11) is -3.58. The van der Waals surface area contributed by atoms with Crippen molar-refractivity contribution in [2.24, 2.45) is 0 Å². The second-order valence-electron chi connectivity index (χ2n) is 5.71. The summed E-state index contributed by atoms with van der Waals surface area (Å²) < 4.78 is 27.5. The van der Waals surface area contributed by atoms with Crippen LogP contribution in [0.2, 0.25) is 8.67 Å². The highest BCUT2D eigenvalue weighted by Crippen LogP contribution is 2.35. The minimum atomic E-state index is -3.58. The number of halogens is 2. The Morgan fingerprint density at radius 1 is 1.08 bits per heavy atom. The van der Waals surface area contributed by atoms with Gasteiger partial charge < -0.3 is 0 Å². The highest BCUT2D eigenvalue weighted by Gasteiger charge is 2.31. The fraction of sp³-hybridized carbons (Fsp3) is 0.294. The second kappa shape index (κ2) is 8.20. The Kier molecular flexibility index (Phi) is 6.20. The van der Waals surface area contributed by atoms with Crippen LogP contribution in [-0.2, 0) is 10.0 Å². The van der Waals surface area contributed by atoms with Gasteiger partial charge in [-0.25, -0.2) is 8.42 Å². The van der Waals surface area contributed by atoms with E-state index in [1.807, 2.05) is 18.2 Å². The lowest BCUT2D eigenvalue weighted by molar-refractivity contribution is 0.204. The van der Waals surface area contributed by atoms with Gasteiger partial charge >= 0.3 is 0 Å². The lowest BCUT2D eigenvalue weighted by Gasteiger charge is -2.33. The molecule has 0 radical (unpaired) electrons. The van der Waals surface area contributed by atoms with E-state index >= 15 is 0 Å². The average molecular weight is 417 g/mol. The molecule has 2 aromatic rings. The Morgan fingerprint density at radius 3 is 2.36 bits per heavy atom. The first-order valence-corrected chi connectivity index (χ1v) is 10.9. The summed E-state index contributed by atoms with van der Waals surface area (Å²) in [5, 5.41) is 0. The molecule has 1 aromatic heterocycles. The quantitative estimate of drug-likeness (QED) is 0.736. The van der Waals surface area contributed by atoms with Crippen molar-refractivity contribution in [2.45, 2.75) is 4.90 Å². The predicted octanol–water partition coefficient (Wildman–Crippen LogP) is 4.07. The molecule has 0 bridgehead atoms. The van der Waals surface area contributed by atoms with E-state index in [4.69, 9.17) is 23.2 Å². The number of piperazine rings is 1. The van der Waals surface area contributed by atoms with Gasteiger partial charge in [0.2, 0.25) is 10.0 Å². The van der Waals surface area contributed by atoms with Gasteiger partial charge in [-0.15, -0.1) is 11.3 Å². The zero-order valence-corrected chi connectivity index (χ0v) is 16.6. The van der Waals surface area contributed by atoms with Crippen molar-refractivity contribution in [3.63, 3.8) is 0 Å². The lowest BCUT2D eigenvalue weighted by Crippen LogP contribution is -2.48.